The van der Waals surface area contributed by atoms with Crippen molar-refractivity contribution in [3.8, 4) is 0 Å². The highest BCUT2D eigenvalue weighted by Crippen LogP contribution is 2.52. The number of piperidine rings is 1. The molecule has 1 aromatic carbocycles. The lowest BCUT2D eigenvalue weighted by atomic mass is 9.63. The lowest BCUT2D eigenvalue weighted by Gasteiger charge is -2.53. The van der Waals surface area contributed by atoms with Crippen LogP contribution in [0, 0.1) is 10.8 Å². The summed E-state index contributed by atoms with van der Waals surface area (Å²) in [4.78, 5) is 28.9. The topological polar surface area (TPSA) is 61.9 Å². The molecule has 0 radical (unpaired) electrons. The number of hydrogen-bond donors (Lipinski definition) is 1. The highest BCUT2D eigenvalue weighted by atomic mass is 16.6. The molecule has 1 aliphatic carbocycles. The third kappa shape index (κ3) is 3.95. The van der Waals surface area contributed by atoms with E-state index in [-0.39, 0.29) is 23.5 Å². The second-order valence-electron chi connectivity index (χ2n) is 10.3. The molecule has 2 spiro atoms. The van der Waals surface area contributed by atoms with Gasteiger partial charge in [-0.2, -0.15) is 0 Å². The molecule has 5 rings (SSSR count). The summed E-state index contributed by atoms with van der Waals surface area (Å²) >= 11 is 0. The Hall–Kier alpha value is -2.08. The zero-order valence-electron chi connectivity index (χ0n) is 18.6. The molecular weight excluding hydrogens is 390 g/mol. The smallest absolute Gasteiger partial charge is 0.409 e. The monoisotopic (exact) mass is 425 g/mol. The Morgan fingerprint density at radius 1 is 1.13 bits per heavy atom. The van der Waals surface area contributed by atoms with Crippen LogP contribution in [0.4, 0.5) is 4.79 Å². The molecule has 3 aliphatic heterocycles. The van der Waals surface area contributed by atoms with E-state index in [0.717, 1.165) is 51.9 Å². The van der Waals surface area contributed by atoms with Gasteiger partial charge in [-0.15, -0.1) is 0 Å². The van der Waals surface area contributed by atoms with Crippen LogP contribution in [0.2, 0.25) is 0 Å². The number of carbonyl (C=O) groups is 2. The molecule has 31 heavy (non-hydrogen) atoms. The zero-order chi connectivity index (χ0) is 21.5. The van der Waals surface area contributed by atoms with E-state index in [0.29, 0.717) is 24.5 Å². The summed E-state index contributed by atoms with van der Waals surface area (Å²) in [6, 6.07) is 11.4. The molecule has 4 fully saturated rings. The molecule has 6 nitrogen and oxygen atoms in total. The normalized spacial score (nSPS) is 32.3. The maximum atomic E-state index is 12.3. The first kappa shape index (κ1) is 20.8. The molecule has 6 heteroatoms. The van der Waals surface area contributed by atoms with E-state index < -0.39 is 0 Å². The van der Waals surface area contributed by atoms with E-state index in [2.05, 4.69) is 34.5 Å². The van der Waals surface area contributed by atoms with Crippen LogP contribution < -0.4 is 5.32 Å². The number of benzene rings is 1. The van der Waals surface area contributed by atoms with Crippen molar-refractivity contribution in [3.05, 3.63) is 35.9 Å². The van der Waals surface area contributed by atoms with Gasteiger partial charge in [-0.25, -0.2) is 4.79 Å². The van der Waals surface area contributed by atoms with Crippen LogP contribution in [0.3, 0.4) is 0 Å². The molecule has 1 atom stereocenters. The number of amides is 2. The maximum Gasteiger partial charge on any atom is 0.409 e. The third-order valence-electron chi connectivity index (χ3n) is 8.48. The lowest BCUT2D eigenvalue weighted by Crippen LogP contribution is -2.56. The summed E-state index contributed by atoms with van der Waals surface area (Å²) in [5.41, 5.74) is 1.73. The molecule has 2 amide bonds. The van der Waals surface area contributed by atoms with Crippen LogP contribution in [0.25, 0.3) is 0 Å². The minimum atomic E-state index is -0.148. The quantitative estimate of drug-likeness (QED) is 0.805. The summed E-state index contributed by atoms with van der Waals surface area (Å²) < 4.78 is 5.19. The van der Waals surface area contributed by atoms with Crippen molar-refractivity contribution in [2.24, 2.45) is 10.8 Å². The van der Waals surface area contributed by atoms with Crippen LogP contribution in [-0.2, 0) is 16.0 Å². The number of likely N-dealkylation sites (tertiary alicyclic amines) is 2. The summed E-state index contributed by atoms with van der Waals surface area (Å²) in [7, 11) is 0. The number of hydrogen-bond acceptors (Lipinski definition) is 4. The van der Waals surface area contributed by atoms with E-state index in [1.165, 1.54) is 18.4 Å². The Bertz CT molecular complexity index is 813. The van der Waals surface area contributed by atoms with Gasteiger partial charge >= 0.3 is 6.09 Å². The summed E-state index contributed by atoms with van der Waals surface area (Å²) in [6.45, 7) is 6.18. The molecule has 0 aromatic heterocycles. The highest BCUT2D eigenvalue weighted by molar-refractivity contribution is 5.80. The van der Waals surface area contributed by atoms with Gasteiger partial charge in [0.15, 0.2) is 0 Å². The minimum Gasteiger partial charge on any atom is -0.450 e. The Kier molecular flexibility index (Phi) is 5.45. The molecule has 4 aliphatic rings. The Morgan fingerprint density at radius 3 is 2.58 bits per heavy atom. The van der Waals surface area contributed by atoms with Gasteiger partial charge in [0.1, 0.15) is 0 Å². The Labute approximate surface area is 185 Å². The first-order chi connectivity index (χ1) is 15.0. The van der Waals surface area contributed by atoms with Crippen LogP contribution in [0.15, 0.2) is 30.3 Å². The van der Waals surface area contributed by atoms with Crippen molar-refractivity contribution in [1.82, 2.24) is 15.1 Å². The van der Waals surface area contributed by atoms with Crippen LogP contribution in [0.5, 0.6) is 0 Å². The Balaban J connectivity index is 1.15. The molecule has 3 saturated heterocycles. The molecular formula is C25H35N3O3. The fourth-order valence-electron chi connectivity index (χ4n) is 6.66. The average molecular weight is 426 g/mol. The van der Waals surface area contributed by atoms with Gasteiger partial charge in [-0.1, -0.05) is 30.3 Å². The van der Waals surface area contributed by atoms with Crippen molar-refractivity contribution in [2.75, 3.05) is 32.8 Å². The predicted octanol–water partition coefficient (Wildman–Crippen LogP) is 3.21. The summed E-state index contributed by atoms with van der Waals surface area (Å²) in [5.74, 6) is 0.224. The van der Waals surface area contributed by atoms with Crippen molar-refractivity contribution in [3.63, 3.8) is 0 Å². The van der Waals surface area contributed by atoms with Crippen LogP contribution >= 0.6 is 0 Å². The average Bonchev–Trinajstić information content (AvgIpc) is 3.31. The van der Waals surface area contributed by atoms with E-state index in [1.54, 1.807) is 0 Å². The van der Waals surface area contributed by atoms with Gasteiger partial charge in [0.05, 0.1) is 6.61 Å². The number of rotatable bonds is 4. The minimum absolute atomic E-state index is 0.110. The lowest BCUT2D eigenvalue weighted by molar-refractivity contribution is -0.120. The second kappa shape index (κ2) is 8.12. The molecule has 1 unspecified atom stereocenters. The SMILES string of the molecule is CCOC(=O)N1CCC2(CC(N3CCC4(CC3)CC(=O)NC4Cc3ccccc3)C2)C1. The van der Waals surface area contributed by atoms with Crippen molar-refractivity contribution in [2.45, 2.75) is 64.0 Å². The first-order valence-electron chi connectivity index (χ1n) is 12.0. The van der Waals surface area contributed by atoms with Crippen LogP contribution in [0.1, 0.15) is 51.0 Å². The van der Waals surface area contributed by atoms with E-state index in [1.807, 2.05) is 17.9 Å². The molecule has 3 heterocycles. The highest BCUT2D eigenvalue weighted by Gasteiger charge is 2.54. The van der Waals surface area contributed by atoms with Gasteiger partial charge in [0, 0.05) is 37.0 Å². The van der Waals surface area contributed by atoms with Gasteiger partial charge in [0.2, 0.25) is 5.91 Å². The van der Waals surface area contributed by atoms with Gasteiger partial charge in [0.25, 0.3) is 0 Å². The number of ether oxygens (including phenoxy) is 1. The maximum absolute atomic E-state index is 12.3. The van der Waals surface area contributed by atoms with E-state index in [9.17, 15) is 9.59 Å². The van der Waals surface area contributed by atoms with Gasteiger partial charge in [-0.3, -0.25) is 4.79 Å². The van der Waals surface area contributed by atoms with Crippen molar-refractivity contribution in [1.29, 1.82) is 0 Å². The molecule has 168 valence electrons. The van der Waals surface area contributed by atoms with Gasteiger partial charge in [-0.05, 0) is 69.5 Å². The number of nitrogens with zero attached hydrogens (tertiary/aromatic N) is 2. The molecule has 1 aromatic rings. The Morgan fingerprint density at radius 2 is 1.87 bits per heavy atom. The van der Waals surface area contributed by atoms with Crippen molar-refractivity contribution < 1.29 is 14.3 Å². The number of carbonyl (C=O) groups excluding carboxylic acids is 2. The third-order valence-corrected chi connectivity index (χ3v) is 8.48. The second-order valence-corrected chi connectivity index (χ2v) is 10.3. The van der Waals surface area contributed by atoms with Gasteiger partial charge < -0.3 is 19.9 Å². The fourth-order valence-corrected chi connectivity index (χ4v) is 6.66. The number of nitrogens with one attached hydrogen (secondary N) is 1. The zero-order valence-corrected chi connectivity index (χ0v) is 18.6. The van der Waals surface area contributed by atoms with Crippen LogP contribution in [-0.4, -0.2) is 66.7 Å². The van der Waals surface area contributed by atoms with Crippen molar-refractivity contribution >= 4 is 12.0 Å². The predicted molar refractivity (Wildman–Crippen MR) is 119 cm³/mol. The molecule has 1 N–H and O–H groups in total. The molecule has 1 saturated carbocycles. The summed E-state index contributed by atoms with van der Waals surface area (Å²) in [6.07, 6.45) is 7.16. The molecule has 0 bridgehead atoms. The summed E-state index contributed by atoms with van der Waals surface area (Å²) in [5, 5.41) is 3.29. The largest absolute Gasteiger partial charge is 0.450 e. The standard InChI is InChI=1S/C25H35N3O3/c1-2-31-23(30)28-11-8-24(18-28)15-20(16-24)27-12-9-25(10-13-27)17-22(29)26-21(25)14-19-6-4-3-5-7-19/h3-7,20-21H,2,8-18H2,1H3,(H,26,29). The van der Waals surface area contributed by atoms with E-state index >= 15 is 0 Å². The first-order valence-corrected chi connectivity index (χ1v) is 12.0. The fraction of sp³-hybridized carbons (Fsp3) is 0.680. The van der Waals surface area contributed by atoms with E-state index in [4.69, 9.17) is 4.74 Å².